The third-order valence-corrected chi connectivity index (χ3v) is 6.61. The van der Waals surface area contributed by atoms with Crippen molar-refractivity contribution < 1.29 is 0 Å². The molecule has 0 atom stereocenters. The first kappa shape index (κ1) is 24.7. The zero-order chi connectivity index (χ0) is 21.5. The normalized spacial score (nSPS) is 12.3. The van der Waals surface area contributed by atoms with E-state index in [1.165, 1.54) is 4.90 Å². The molecule has 4 heteroatoms. The van der Waals surface area contributed by atoms with Crippen molar-refractivity contribution in [2.75, 3.05) is 0 Å². The Morgan fingerprint density at radius 2 is 1.07 bits per heavy atom. The van der Waals surface area contributed by atoms with Crippen molar-refractivity contribution in [1.82, 2.24) is 0 Å². The molecule has 0 radical (unpaired) electrons. The molecule has 0 nitrogen and oxygen atoms in total. The van der Waals surface area contributed by atoms with Gasteiger partial charge in [-0.3, -0.25) is 0 Å². The van der Waals surface area contributed by atoms with Crippen LogP contribution < -0.4 is 0 Å². The Labute approximate surface area is 181 Å². The lowest BCUT2D eigenvalue weighted by molar-refractivity contribution is 0.945. The third-order valence-electron chi connectivity index (χ3n) is 3.17. The molecule has 1 aromatic carbocycles. The van der Waals surface area contributed by atoms with E-state index >= 15 is 0 Å². The Kier molecular flexibility index (Phi) is 8.73. The van der Waals surface area contributed by atoms with E-state index in [1.807, 2.05) is 6.07 Å². The number of hydrogen-bond donors (Lipinski definition) is 0. The fourth-order valence-corrected chi connectivity index (χ4v) is 4.25. The lowest BCUT2D eigenvalue weighted by Gasteiger charge is -2.16. The van der Waals surface area contributed by atoms with E-state index in [1.54, 1.807) is 11.8 Å². The Morgan fingerprint density at radius 3 is 1.43 bits per heavy atom. The van der Waals surface area contributed by atoms with Crippen molar-refractivity contribution in [2.24, 2.45) is 5.41 Å². The molecule has 0 spiro atoms. The second-order valence-electron chi connectivity index (χ2n) is 10.0. The summed E-state index contributed by atoms with van der Waals surface area (Å²) in [6, 6.07) is 10.4. The molecular weight excluding hydrogens is 405 g/mol. The molecule has 0 saturated heterocycles. The van der Waals surface area contributed by atoms with Gasteiger partial charge in [0.05, 0.1) is 0 Å². The summed E-state index contributed by atoms with van der Waals surface area (Å²) < 4.78 is 0. The van der Waals surface area contributed by atoms with Gasteiger partial charge in [-0.25, -0.2) is 0 Å². The first-order chi connectivity index (χ1) is 12.7. The van der Waals surface area contributed by atoms with Gasteiger partial charge in [0, 0.05) is 4.90 Å². The summed E-state index contributed by atoms with van der Waals surface area (Å²) in [5.41, 5.74) is 9.94. The summed E-state index contributed by atoms with van der Waals surface area (Å²) in [5.74, 6) is 10.5. The molecule has 0 aromatic heterocycles. The summed E-state index contributed by atoms with van der Waals surface area (Å²) >= 11 is 1.70. The van der Waals surface area contributed by atoms with Crippen molar-refractivity contribution in [2.45, 2.75) is 63.8 Å². The van der Waals surface area contributed by atoms with E-state index in [2.05, 4.69) is 129 Å². The Balaban J connectivity index is 3.49. The van der Waals surface area contributed by atoms with Crippen LogP contribution in [0.3, 0.4) is 0 Å². The molecule has 0 fully saturated rings. The largest absolute Gasteiger partial charge is 0.169 e. The Morgan fingerprint density at radius 1 is 0.679 bits per heavy atom. The van der Waals surface area contributed by atoms with E-state index in [0.29, 0.717) is 0 Å². The van der Waals surface area contributed by atoms with E-state index < -0.39 is 29.6 Å². The zero-order valence-corrected chi connectivity index (χ0v) is 22.8. The molecule has 0 saturated carbocycles. The highest BCUT2D eigenvalue weighted by Crippen LogP contribution is 2.24. The van der Waals surface area contributed by atoms with Gasteiger partial charge in [0.2, 0.25) is 0 Å². The topological polar surface area (TPSA) is 0 Å². The molecule has 0 amide bonds. The summed E-state index contributed by atoms with van der Waals surface area (Å²) in [6.07, 6.45) is 2.12. The first-order valence-electron chi connectivity index (χ1n) is 9.72. The molecule has 1 rings (SSSR count). The van der Waals surface area contributed by atoms with E-state index in [4.69, 9.17) is 0 Å². The quantitative estimate of drug-likeness (QED) is 0.280. The standard InChI is InChI=1S/C24H34SSi3/c1-26(2,3)20-16-24(17-21-27(4,5)6,18-22-28(7,8)9)15-19-25-23-13-11-10-12-14-23/h10-15,19H,1-9H3/b19-15+. The number of rotatable bonds is 3. The average Bonchev–Trinajstić information content (AvgIpc) is 2.55. The van der Waals surface area contributed by atoms with Gasteiger partial charge in [0.15, 0.2) is 5.41 Å². The van der Waals surface area contributed by atoms with Gasteiger partial charge in [-0.05, 0) is 23.6 Å². The summed E-state index contributed by atoms with van der Waals surface area (Å²) in [6.45, 7) is 20.4. The van der Waals surface area contributed by atoms with Crippen molar-refractivity contribution in [3.05, 3.63) is 41.8 Å². The van der Waals surface area contributed by atoms with Crippen LogP contribution in [0.2, 0.25) is 58.9 Å². The Hall–Kier alpha value is -1.36. The van der Waals surface area contributed by atoms with Crippen molar-refractivity contribution in [3.8, 4) is 34.4 Å². The SMILES string of the molecule is C[Si](C)(C)C#CC(C#C[Si](C)(C)C)(C#C[Si](C)(C)C)/C=C/Sc1ccccc1. The number of hydrogen-bond acceptors (Lipinski definition) is 1. The smallest absolute Gasteiger partial charge is 0.129 e. The number of benzene rings is 1. The Bertz CT molecular complexity index is 781. The van der Waals surface area contributed by atoms with Gasteiger partial charge in [0.1, 0.15) is 24.2 Å². The maximum Gasteiger partial charge on any atom is 0.169 e. The van der Waals surface area contributed by atoms with E-state index in [-0.39, 0.29) is 0 Å². The van der Waals surface area contributed by atoms with Gasteiger partial charge < -0.3 is 0 Å². The molecular formula is C24H34SSi3. The highest BCUT2D eigenvalue weighted by Gasteiger charge is 2.23. The predicted molar refractivity (Wildman–Crippen MR) is 137 cm³/mol. The van der Waals surface area contributed by atoms with Crippen LogP contribution in [0.1, 0.15) is 0 Å². The summed E-state index contributed by atoms with van der Waals surface area (Å²) in [5, 5.41) is 2.12. The molecule has 148 valence electrons. The minimum absolute atomic E-state index is 0.678. The molecule has 0 aliphatic carbocycles. The molecule has 0 bridgehead atoms. The third kappa shape index (κ3) is 11.5. The first-order valence-corrected chi connectivity index (χ1v) is 21.1. The molecule has 0 aliphatic rings. The van der Waals surface area contributed by atoms with E-state index in [9.17, 15) is 0 Å². The van der Waals surface area contributed by atoms with Crippen molar-refractivity contribution in [1.29, 1.82) is 0 Å². The van der Waals surface area contributed by atoms with Gasteiger partial charge in [-0.1, -0.05) is 107 Å². The average molecular weight is 439 g/mol. The van der Waals surface area contributed by atoms with E-state index in [0.717, 1.165) is 0 Å². The maximum absolute atomic E-state index is 3.54. The van der Waals surface area contributed by atoms with Gasteiger partial charge in [0.25, 0.3) is 0 Å². The summed E-state index contributed by atoms with van der Waals surface area (Å²) in [7, 11) is -4.60. The van der Waals surface area contributed by atoms with Gasteiger partial charge in [-0.2, -0.15) is 0 Å². The second-order valence-corrected chi connectivity index (χ2v) is 25.3. The van der Waals surface area contributed by atoms with Crippen LogP contribution in [0.4, 0.5) is 0 Å². The number of thioether (sulfide) groups is 1. The highest BCUT2D eigenvalue weighted by molar-refractivity contribution is 8.02. The van der Waals surface area contributed by atoms with Gasteiger partial charge >= 0.3 is 0 Å². The minimum atomic E-state index is -1.53. The lowest BCUT2D eigenvalue weighted by atomic mass is 9.92. The van der Waals surface area contributed by atoms with Crippen LogP contribution in [0, 0.1) is 39.8 Å². The van der Waals surface area contributed by atoms with Crippen LogP contribution in [-0.2, 0) is 0 Å². The maximum atomic E-state index is 3.54. The molecule has 0 heterocycles. The van der Waals surface area contributed by atoms with Crippen LogP contribution >= 0.6 is 11.8 Å². The van der Waals surface area contributed by atoms with Crippen LogP contribution in [0.5, 0.6) is 0 Å². The minimum Gasteiger partial charge on any atom is -0.129 e. The zero-order valence-electron chi connectivity index (χ0n) is 18.9. The highest BCUT2D eigenvalue weighted by atomic mass is 32.2. The summed E-state index contributed by atoms with van der Waals surface area (Å²) in [4.78, 5) is 1.21. The molecule has 0 N–H and O–H groups in total. The van der Waals surface area contributed by atoms with Crippen LogP contribution in [-0.4, -0.2) is 24.2 Å². The van der Waals surface area contributed by atoms with Crippen LogP contribution in [0.15, 0.2) is 46.7 Å². The molecule has 1 aromatic rings. The predicted octanol–water partition coefficient (Wildman–Crippen LogP) is 6.92. The fourth-order valence-electron chi connectivity index (χ4n) is 1.79. The molecule has 0 unspecified atom stereocenters. The number of allylic oxidation sites excluding steroid dienone is 1. The molecule has 0 aliphatic heterocycles. The second kappa shape index (κ2) is 9.91. The molecule has 28 heavy (non-hydrogen) atoms. The van der Waals surface area contributed by atoms with Crippen molar-refractivity contribution >= 4 is 36.0 Å². The van der Waals surface area contributed by atoms with Gasteiger partial charge in [-0.15, -0.1) is 16.6 Å². The van der Waals surface area contributed by atoms with Crippen molar-refractivity contribution in [3.63, 3.8) is 0 Å². The fraction of sp³-hybridized carbons (Fsp3) is 0.417. The lowest BCUT2D eigenvalue weighted by Crippen LogP contribution is -2.23. The monoisotopic (exact) mass is 438 g/mol. The van der Waals surface area contributed by atoms with Crippen LogP contribution in [0.25, 0.3) is 0 Å².